The Morgan fingerprint density at radius 3 is 1.22 bits per heavy atom. The van der Waals surface area contributed by atoms with Gasteiger partial charge < -0.3 is 23.8 Å². The second-order valence-electron chi connectivity index (χ2n) is 19.2. The molecule has 0 heterocycles. The van der Waals surface area contributed by atoms with Gasteiger partial charge >= 0.3 is 17.9 Å². The molecule has 0 aliphatic carbocycles. The molecule has 0 bridgehead atoms. The lowest BCUT2D eigenvalue weighted by molar-refractivity contribution is -0.887. The molecule has 63 heavy (non-hydrogen) atoms. The Bertz CT molecular complexity index is 1130. The first kappa shape index (κ1) is 60.5. The molecule has 8 heteroatoms. The van der Waals surface area contributed by atoms with E-state index in [9.17, 15) is 19.5 Å². The zero-order chi connectivity index (χ0) is 46.3. The number of rotatable bonds is 48. The Labute approximate surface area is 389 Å². The van der Waals surface area contributed by atoms with Gasteiger partial charge in [0.15, 0.2) is 12.1 Å². The van der Waals surface area contributed by atoms with Crippen molar-refractivity contribution >= 4 is 17.9 Å². The molecule has 0 saturated carbocycles. The predicted molar refractivity (Wildman–Crippen MR) is 266 cm³/mol. The zero-order valence-corrected chi connectivity index (χ0v) is 42.0. The first-order valence-corrected chi connectivity index (χ1v) is 26.6. The summed E-state index contributed by atoms with van der Waals surface area (Å²) < 4.78 is 17.4. The summed E-state index contributed by atoms with van der Waals surface area (Å²) in [5, 5.41) is 9.66. The molecule has 0 spiro atoms. The minimum atomic E-state index is -0.876. The van der Waals surface area contributed by atoms with Crippen LogP contribution in [0.2, 0.25) is 0 Å². The van der Waals surface area contributed by atoms with Crippen LogP contribution in [-0.4, -0.2) is 80.6 Å². The summed E-state index contributed by atoms with van der Waals surface area (Å²) >= 11 is 0. The van der Waals surface area contributed by atoms with Crippen LogP contribution in [0.4, 0.5) is 0 Å². The summed E-state index contributed by atoms with van der Waals surface area (Å²) in [7, 11) is 5.53. The normalized spacial score (nSPS) is 13.1. The van der Waals surface area contributed by atoms with E-state index in [4.69, 9.17) is 14.2 Å². The van der Waals surface area contributed by atoms with Crippen LogP contribution in [-0.2, 0) is 28.6 Å². The summed E-state index contributed by atoms with van der Waals surface area (Å²) in [6, 6.07) is -0.618. The van der Waals surface area contributed by atoms with Crippen LogP contribution in [0.1, 0.15) is 245 Å². The van der Waals surface area contributed by atoms with Crippen molar-refractivity contribution in [2.45, 2.75) is 257 Å². The second-order valence-corrected chi connectivity index (χ2v) is 19.2. The average Bonchev–Trinajstić information content (AvgIpc) is 3.24. The van der Waals surface area contributed by atoms with E-state index >= 15 is 0 Å². The minimum absolute atomic E-state index is 0.0555. The fourth-order valence-corrected chi connectivity index (χ4v) is 7.98. The SMILES string of the molecule is CCCCCCC/C=C/C=C/C=C/CCCCCCCC(=O)OC(COCCC(C(=O)O)[N+](C)(C)C)COC(=O)CCCCCCCCCCCCCCCCCCCCCCC. The lowest BCUT2D eigenvalue weighted by Gasteiger charge is -2.31. The number of quaternary nitrogens is 1. The van der Waals surface area contributed by atoms with Gasteiger partial charge in [-0.1, -0.05) is 224 Å². The third-order valence-electron chi connectivity index (χ3n) is 12.1. The van der Waals surface area contributed by atoms with Crippen molar-refractivity contribution in [3.8, 4) is 0 Å². The van der Waals surface area contributed by atoms with Gasteiger partial charge in [0.05, 0.1) is 34.4 Å². The minimum Gasteiger partial charge on any atom is -0.477 e. The van der Waals surface area contributed by atoms with E-state index in [0.717, 1.165) is 64.2 Å². The highest BCUT2D eigenvalue weighted by atomic mass is 16.6. The van der Waals surface area contributed by atoms with Gasteiger partial charge in [0.1, 0.15) is 6.61 Å². The van der Waals surface area contributed by atoms with Gasteiger partial charge in [-0.25, -0.2) is 4.79 Å². The highest BCUT2D eigenvalue weighted by Crippen LogP contribution is 2.16. The van der Waals surface area contributed by atoms with Crippen LogP contribution in [0.3, 0.4) is 0 Å². The molecule has 1 N–H and O–H groups in total. The number of likely N-dealkylation sites (N-methyl/N-ethyl adjacent to an activating group) is 1. The van der Waals surface area contributed by atoms with Crippen molar-refractivity contribution in [1.29, 1.82) is 0 Å². The van der Waals surface area contributed by atoms with Crippen LogP contribution < -0.4 is 0 Å². The largest absolute Gasteiger partial charge is 0.477 e. The quantitative estimate of drug-likeness (QED) is 0.0281. The smallest absolute Gasteiger partial charge is 0.362 e. The second kappa shape index (κ2) is 46.1. The number of hydrogen-bond acceptors (Lipinski definition) is 6. The zero-order valence-electron chi connectivity index (χ0n) is 42.0. The van der Waals surface area contributed by atoms with Gasteiger partial charge in [0, 0.05) is 19.3 Å². The van der Waals surface area contributed by atoms with Crippen LogP contribution in [0.5, 0.6) is 0 Å². The fraction of sp³-hybridized carbons (Fsp3) is 0.836. The standard InChI is InChI=1S/C55H101NO7/c1-6-8-10-12-14-16-18-20-22-24-26-27-28-30-31-33-35-37-39-41-43-45-53(57)62-50-51(49-61-48-47-52(55(59)60)56(3,4)5)63-54(58)46-44-42-40-38-36-34-32-29-25-23-21-19-17-15-13-11-9-7-2/h19,21,23,25,29,32,51-52H,6-18,20,22,24,26-28,30-31,33-50H2,1-5H3/p+1/b21-19+,25-23+,32-29+. The highest BCUT2D eigenvalue weighted by Gasteiger charge is 2.31. The van der Waals surface area contributed by atoms with Crippen molar-refractivity contribution < 1.29 is 38.2 Å². The van der Waals surface area contributed by atoms with Gasteiger partial charge in [-0.3, -0.25) is 9.59 Å². The number of hydrogen-bond donors (Lipinski definition) is 1. The molecule has 0 radical (unpaired) electrons. The maximum atomic E-state index is 12.8. The number of carbonyl (C=O) groups is 3. The molecular formula is C55H102NO7+. The van der Waals surface area contributed by atoms with E-state index in [1.807, 2.05) is 21.1 Å². The van der Waals surface area contributed by atoms with E-state index < -0.39 is 18.1 Å². The van der Waals surface area contributed by atoms with Gasteiger partial charge in [-0.15, -0.1) is 0 Å². The van der Waals surface area contributed by atoms with Crippen molar-refractivity contribution in [2.75, 3.05) is 41.0 Å². The fourth-order valence-electron chi connectivity index (χ4n) is 7.98. The number of esters is 2. The van der Waals surface area contributed by atoms with Crippen LogP contribution in [0.25, 0.3) is 0 Å². The van der Waals surface area contributed by atoms with E-state index in [2.05, 4.69) is 50.3 Å². The Balaban J connectivity index is 4.23. The number of carbonyl (C=O) groups excluding carboxylic acids is 2. The van der Waals surface area contributed by atoms with E-state index in [0.29, 0.717) is 19.3 Å². The monoisotopic (exact) mass is 889 g/mol. The number of carboxylic acids is 1. The summed E-state index contributed by atoms with van der Waals surface area (Å²) in [5.74, 6) is -1.48. The van der Waals surface area contributed by atoms with Crippen molar-refractivity contribution in [1.82, 2.24) is 0 Å². The number of ether oxygens (including phenoxy) is 3. The van der Waals surface area contributed by atoms with Gasteiger partial charge in [-0.05, 0) is 38.5 Å². The molecule has 2 unspecified atom stereocenters. The first-order chi connectivity index (χ1) is 30.6. The van der Waals surface area contributed by atoms with Crippen LogP contribution in [0.15, 0.2) is 36.5 Å². The molecule has 8 nitrogen and oxygen atoms in total. The Hall–Kier alpha value is -2.45. The Morgan fingerprint density at radius 1 is 0.476 bits per heavy atom. The maximum Gasteiger partial charge on any atom is 0.362 e. The number of aliphatic carboxylic acids is 1. The Kier molecular flexibility index (Phi) is 44.3. The first-order valence-electron chi connectivity index (χ1n) is 26.6. The van der Waals surface area contributed by atoms with Crippen molar-refractivity contribution in [3.63, 3.8) is 0 Å². The summed E-state index contributed by atoms with van der Waals surface area (Å²) in [6.07, 6.45) is 54.8. The molecule has 0 aromatic heterocycles. The lowest BCUT2D eigenvalue weighted by Crippen LogP contribution is -2.50. The molecule has 0 amide bonds. The van der Waals surface area contributed by atoms with Gasteiger partial charge in [0.25, 0.3) is 0 Å². The third-order valence-corrected chi connectivity index (χ3v) is 12.1. The van der Waals surface area contributed by atoms with E-state index in [-0.39, 0.29) is 36.2 Å². The van der Waals surface area contributed by atoms with Crippen molar-refractivity contribution in [3.05, 3.63) is 36.5 Å². The molecule has 2 atom stereocenters. The Morgan fingerprint density at radius 2 is 0.841 bits per heavy atom. The molecule has 0 aliphatic heterocycles. The molecule has 0 rings (SSSR count). The van der Waals surface area contributed by atoms with Crippen LogP contribution in [0, 0.1) is 0 Å². The molecule has 0 fully saturated rings. The summed E-state index contributed by atoms with van der Waals surface area (Å²) in [4.78, 5) is 37.2. The van der Waals surface area contributed by atoms with Crippen molar-refractivity contribution in [2.24, 2.45) is 0 Å². The molecule has 0 aromatic rings. The topological polar surface area (TPSA) is 99.1 Å². The van der Waals surface area contributed by atoms with Gasteiger partial charge in [0.2, 0.25) is 0 Å². The third kappa shape index (κ3) is 44.5. The highest BCUT2D eigenvalue weighted by molar-refractivity contribution is 5.72. The summed E-state index contributed by atoms with van der Waals surface area (Å²) in [5.41, 5.74) is 0. The maximum absolute atomic E-state index is 12.8. The molecular weight excluding hydrogens is 787 g/mol. The van der Waals surface area contributed by atoms with Gasteiger partial charge in [-0.2, -0.15) is 0 Å². The molecule has 368 valence electrons. The number of carboxylic acid groups (broad SMARTS) is 1. The van der Waals surface area contributed by atoms with E-state index in [1.165, 1.54) is 148 Å². The molecule has 0 aromatic carbocycles. The molecule has 0 saturated heterocycles. The number of nitrogens with zero attached hydrogens (tertiary/aromatic N) is 1. The lowest BCUT2D eigenvalue weighted by atomic mass is 10.0. The summed E-state index contributed by atoms with van der Waals surface area (Å²) in [6.45, 7) is 4.74. The van der Waals surface area contributed by atoms with E-state index in [1.54, 1.807) is 0 Å². The van der Waals surface area contributed by atoms with Crippen LogP contribution >= 0.6 is 0 Å². The average molecular weight is 889 g/mol. The number of allylic oxidation sites excluding steroid dienone is 6. The molecule has 0 aliphatic rings. The number of unbranched alkanes of at least 4 members (excludes halogenated alkanes) is 30. The predicted octanol–water partition coefficient (Wildman–Crippen LogP) is 15.4.